The molecule has 0 bridgehead atoms. The van der Waals surface area contributed by atoms with Crippen LogP contribution in [0.25, 0.3) is 0 Å². The van der Waals surface area contributed by atoms with E-state index in [1.54, 1.807) is 0 Å². The van der Waals surface area contributed by atoms with E-state index in [4.69, 9.17) is 28.4 Å². The van der Waals surface area contributed by atoms with Gasteiger partial charge >= 0.3 is 0 Å². The molecule has 224 valence electrons. The van der Waals surface area contributed by atoms with Gasteiger partial charge in [0.15, 0.2) is 0 Å². The number of imide groups is 1. The maximum Gasteiger partial charge on any atom is 0.253 e. The number of unbranched alkanes of at least 4 members (excludes halogenated alkanes) is 1. The Hall–Kier alpha value is -2.42. The topological polar surface area (TPSA) is 151 Å². The van der Waals surface area contributed by atoms with Gasteiger partial charge < -0.3 is 39.1 Å². The van der Waals surface area contributed by atoms with Crippen LogP contribution in [0, 0.1) is 0 Å². The Morgan fingerprint density at radius 1 is 0.615 bits per heavy atom. The second kappa shape index (κ2) is 24.6. The van der Waals surface area contributed by atoms with Crippen molar-refractivity contribution in [2.24, 2.45) is 0 Å². The Balaban J connectivity index is 1.71. The summed E-state index contributed by atoms with van der Waals surface area (Å²) in [5, 5.41) is 5.51. The maximum absolute atomic E-state index is 11.7. The molecule has 0 unspecified atom stereocenters. The fourth-order valence-corrected chi connectivity index (χ4v) is 3.08. The van der Waals surface area contributed by atoms with Crippen molar-refractivity contribution < 1.29 is 47.6 Å². The number of ether oxygens (including phenoxy) is 6. The molecule has 0 aromatic rings. The fourth-order valence-electron chi connectivity index (χ4n) is 3.08. The highest BCUT2D eigenvalue weighted by Crippen LogP contribution is 2.03. The molecule has 0 fully saturated rings. The number of carbonyl (C=O) groups is 4. The Labute approximate surface area is 230 Å². The van der Waals surface area contributed by atoms with Gasteiger partial charge in [-0.15, -0.1) is 0 Å². The van der Waals surface area contributed by atoms with Crippen molar-refractivity contribution in [2.75, 3.05) is 98.9 Å². The van der Waals surface area contributed by atoms with Crippen molar-refractivity contribution in [3.05, 3.63) is 12.2 Å². The third-order valence-corrected chi connectivity index (χ3v) is 5.22. The Bertz CT molecular complexity index is 702. The molecule has 1 aliphatic heterocycles. The van der Waals surface area contributed by atoms with Gasteiger partial charge in [-0.1, -0.05) is 13.3 Å². The van der Waals surface area contributed by atoms with Crippen LogP contribution in [-0.4, -0.2) is 127 Å². The number of rotatable bonds is 27. The van der Waals surface area contributed by atoms with Crippen LogP contribution in [0.5, 0.6) is 0 Å². The molecule has 0 saturated heterocycles. The SMILES string of the molecule is CCCCNC(=O)CCOCCOCCOCCOCCOCCOCCNC(=O)CCN1C(=O)C=CC1=O. The lowest BCUT2D eigenvalue weighted by atomic mass is 10.3. The zero-order chi connectivity index (χ0) is 28.4. The van der Waals surface area contributed by atoms with Crippen LogP contribution in [0.3, 0.4) is 0 Å². The van der Waals surface area contributed by atoms with Crippen LogP contribution in [-0.2, 0) is 47.6 Å². The largest absolute Gasteiger partial charge is 0.379 e. The van der Waals surface area contributed by atoms with E-state index in [9.17, 15) is 19.2 Å². The van der Waals surface area contributed by atoms with Gasteiger partial charge in [0.2, 0.25) is 11.8 Å². The lowest BCUT2D eigenvalue weighted by Gasteiger charge is -2.13. The maximum atomic E-state index is 11.7. The van der Waals surface area contributed by atoms with E-state index in [0.29, 0.717) is 92.2 Å². The summed E-state index contributed by atoms with van der Waals surface area (Å²) in [6.45, 7) is 8.35. The van der Waals surface area contributed by atoms with Gasteiger partial charge in [-0.3, -0.25) is 24.1 Å². The molecule has 0 atom stereocenters. The third kappa shape index (κ3) is 20.2. The highest BCUT2D eigenvalue weighted by atomic mass is 16.6. The molecule has 1 rings (SSSR count). The first-order valence-electron chi connectivity index (χ1n) is 13.6. The first-order chi connectivity index (χ1) is 19.0. The van der Waals surface area contributed by atoms with E-state index >= 15 is 0 Å². The minimum atomic E-state index is -0.396. The van der Waals surface area contributed by atoms with Gasteiger partial charge in [-0.2, -0.15) is 0 Å². The van der Waals surface area contributed by atoms with Crippen molar-refractivity contribution >= 4 is 23.6 Å². The lowest BCUT2D eigenvalue weighted by Crippen LogP contribution is -2.35. The third-order valence-electron chi connectivity index (χ3n) is 5.22. The average Bonchev–Trinajstić information content (AvgIpc) is 3.25. The molecule has 13 heteroatoms. The minimum absolute atomic E-state index is 0.0147. The molecule has 0 aromatic heterocycles. The van der Waals surface area contributed by atoms with E-state index in [2.05, 4.69) is 17.6 Å². The van der Waals surface area contributed by atoms with Crippen LogP contribution in [0.4, 0.5) is 0 Å². The van der Waals surface area contributed by atoms with Gasteiger partial charge in [-0.05, 0) is 6.42 Å². The van der Waals surface area contributed by atoms with Crippen molar-refractivity contribution in [3.63, 3.8) is 0 Å². The monoisotopic (exact) mass is 559 g/mol. The van der Waals surface area contributed by atoms with Crippen LogP contribution >= 0.6 is 0 Å². The highest BCUT2D eigenvalue weighted by Gasteiger charge is 2.23. The number of nitrogens with zero attached hydrogens (tertiary/aromatic N) is 1. The molecule has 1 aliphatic rings. The predicted molar refractivity (Wildman–Crippen MR) is 141 cm³/mol. The molecule has 1 heterocycles. The molecule has 2 N–H and O–H groups in total. The Kier molecular flexibility index (Phi) is 21.8. The second-order valence-corrected chi connectivity index (χ2v) is 8.39. The van der Waals surface area contributed by atoms with Gasteiger partial charge in [0, 0.05) is 44.6 Å². The van der Waals surface area contributed by atoms with E-state index in [-0.39, 0.29) is 24.8 Å². The summed E-state index contributed by atoms with van der Waals surface area (Å²) in [4.78, 5) is 47.1. The molecule has 0 aromatic carbocycles. The van der Waals surface area contributed by atoms with E-state index in [0.717, 1.165) is 24.3 Å². The Morgan fingerprint density at radius 3 is 1.51 bits per heavy atom. The van der Waals surface area contributed by atoms with E-state index in [1.165, 1.54) is 12.2 Å². The molecular weight excluding hydrogens is 514 g/mol. The first-order valence-corrected chi connectivity index (χ1v) is 13.6. The number of amides is 4. The van der Waals surface area contributed by atoms with Gasteiger partial charge in [-0.25, -0.2) is 0 Å². The number of carbonyl (C=O) groups excluding carboxylic acids is 4. The lowest BCUT2D eigenvalue weighted by molar-refractivity contribution is -0.137. The first kappa shape index (κ1) is 34.6. The standard InChI is InChI=1S/C26H45N3O10/c1-2-3-8-27-24(31)7-11-34-13-15-36-17-19-38-21-22-39-20-18-37-16-14-35-12-9-28-23(30)6-10-29-25(32)4-5-26(29)33/h4-5H,2-3,6-22H2,1H3,(H,27,31)(H,28,30). The molecule has 0 saturated carbocycles. The van der Waals surface area contributed by atoms with E-state index < -0.39 is 11.8 Å². The normalized spacial score (nSPS) is 12.9. The van der Waals surface area contributed by atoms with Crippen LogP contribution in [0.1, 0.15) is 32.6 Å². The predicted octanol–water partition coefficient (Wildman–Crippen LogP) is -0.176. The molecule has 39 heavy (non-hydrogen) atoms. The highest BCUT2D eigenvalue weighted by molar-refractivity contribution is 6.13. The summed E-state index contributed by atoms with van der Waals surface area (Å²) in [7, 11) is 0. The zero-order valence-corrected chi connectivity index (χ0v) is 23.1. The summed E-state index contributed by atoms with van der Waals surface area (Å²) in [5.41, 5.74) is 0. The molecule has 0 radical (unpaired) electrons. The van der Waals surface area contributed by atoms with Gasteiger partial charge in [0.25, 0.3) is 11.8 Å². The minimum Gasteiger partial charge on any atom is -0.379 e. The van der Waals surface area contributed by atoms with Crippen LogP contribution in [0.2, 0.25) is 0 Å². The smallest absolute Gasteiger partial charge is 0.253 e. The molecule has 4 amide bonds. The molecular formula is C26H45N3O10. The van der Waals surface area contributed by atoms with Gasteiger partial charge in [0.1, 0.15) is 0 Å². The summed E-state index contributed by atoms with van der Waals surface area (Å²) in [6, 6.07) is 0. The van der Waals surface area contributed by atoms with Crippen molar-refractivity contribution in [3.8, 4) is 0 Å². The quantitative estimate of drug-likeness (QED) is 0.102. The number of hydrogen-bond acceptors (Lipinski definition) is 10. The van der Waals surface area contributed by atoms with Gasteiger partial charge in [0.05, 0.1) is 79.3 Å². The fraction of sp³-hybridized carbons (Fsp3) is 0.769. The number of hydrogen-bond donors (Lipinski definition) is 2. The zero-order valence-electron chi connectivity index (χ0n) is 23.1. The van der Waals surface area contributed by atoms with Crippen LogP contribution in [0.15, 0.2) is 12.2 Å². The van der Waals surface area contributed by atoms with Crippen LogP contribution < -0.4 is 10.6 Å². The summed E-state index contributed by atoms with van der Waals surface area (Å²) in [5.74, 6) is -1.03. The average molecular weight is 560 g/mol. The molecule has 0 aliphatic carbocycles. The summed E-state index contributed by atoms with van der Waals surface area (Å²) < 4.78 is 32.4. The number of nitrogens with one attached hydrogen (secondary N) is 2. The van der Waals surface area contributed by atoms with Crippen molar-refractivity contribution in [2.45, 2.75) is 32.6 Å². The molecule has 13 nitrogen and oxygen atoms in total. The van der Waals surface area contributed by atoms with Crippen molar-refractivity contribution in [1.29, 1.82) is 0 Å². The van der Waals surface area contributed by atoms with Crippen molar-refractivity contribution in [1.82, 2.24) is 15.5 Å². The summed E-state index contributed by atoms with van der Waals surface area (Å²) in [6.07, 6.45) is 4.85. The molecule has 0 spiro atoms. The van der Waals surface area contributed by atoms with E-state index in [1.807, 2.05) is 0 Å². The Morgan fingerprint density at radius 2 is 1.03 bits per heavy atom. The summed E-state index contributed by atoms with van der Waals surface area (Å²) >= 11 is 0. The second-order valence-electron chi connectivity index (χ2n) is 8.39.